The molecule has 3 rings (SSSR count). The Morgan fingerprint density at radius 1 is 1.15 bits per heavy atom. The molecule has 1 N–H and O–H groups in total. The van der Waals surface area contributed by atoms with Gasteiger partial charge in [0.05, 0.1) is 5.57 Å². The zero-order valence-electron chi connectivity index (χ0n) is 14.5. The fourth-order valence-electron chi connectivity index (χ4n) is 3.00. The lowest BCUT2D eigenvalue weighted by atomic mass is 10.1. The van der Waals surface area contributed by atoms with Gasteiger partial charge in [-0.15, -0.1) is 11.3 Å². The summed E-state index contributed by atoms with van der Waals surface area (Å²) in [5.41, 5.74) is 1.90. The second kappa shape index (κ2) is 7.73. The average molecular weight is 392 g/mol. The molecule has 26 heavy (non-hydrogen) atoms. The first-order chi connectivity index (χ1) is 12.4. The van der Waals surface area contributed by atoms with E-state index >= 15 is 0 Å². The highest BCUT2D eigenvalue weighted by Crippen LogP contribution is 2.32. The Hall–Kier alpha value is -1.96. The highest BCUT2D eigenvalue weighted by Gasteiger charge is 2.28. The lowest BCUT2D eigenvalue weighted by Gasteiger charge is -2.25. The number of aryl methyl sites for hydroxylation is 1. The number of thiophene rings is 1. The number of nitrogens with zero attached hydrogens (tertiary/aromatic N) is 1. The van der Waals surface area contributed by atoms with E-state index < -0.39 is 16.0 Å². The summed E-state index contributed by atoms with van der Waals surface area (Å²) in [5, 5.41) is 9.60. The Labute approximate surface area is 157 Å². The van der Waals surface area contributed by atoms with Crippen LogP contribution in [0.5, 0.6) is 0 Å². The fraction of sp³-hybridized carbons (Fsp3) is 0.316. The minimum atomic E-state index is -3.55. The number of benzene rings is 1. The van der Waals surface area contributed by atoms with Gasteiger partial charge in [-0.05, 0) is 43.5 Å². The van der Waals surface area contributed by atoms with Crippen LogP contribution in [0.2, 0.25) is 0 Å². The van der Waals surface area contributed by atoms with Gasteiger partial charge in [0, 0.05) is 18.0 Å². The van der Waals surface area contributed by atoms with E-state index in [1.54, 1.807) is 12.1 Å². The van der Waals surface area contributed by atoms with Crippen LogP contribution in [0.3, 0.4) is 0 Å². The molecule has 0 spiro atoms. The number of hydrogen-bond acceptors (Lipinski definition) is 4. The number of sulfonamides is 1. The van der Waals surface area contributed by atoms with Crippen LogP contribution < -0.4 is 0 Å². The maximum atomic E-state index is 12.8. The van der Waals surface area contributed by atoms with Gasteiger partial charge in [-0.25, -0.2) is 13.2 Å². The summed E-state index contributed by atoms with van der Waals surface area (Å²) >= 11 is 1.01. The van der Waals surface area contributed by atoms with Crippen molar-refractivity contribution in [1.29, 1.82) is 0 Å². The van der Waals surface area contributed by atoms with E-state index in [1.807, 2.05) is 31.2 Å². The standard InChI is InChI=1S/C19H21NO4S2/c1-14-6-5-7-15(12-14)13-16(19(21)22)17-8-9-18(25-17)26(23,24)20-10-3-2-4-11-20/h5-9,12-13H,2-4,10-11H2,1H3,(H,21,22)/b16-13-. The molecule has 0 saturated carbocycles. The van der Waals surface area contributed by atoms with Crippen LogP contribution in [-0.4, -0.2) is 36.9 Å². The smallest absolute Gasteiger partial charge is 0.337 e. The van der Waals surface area contributed by atoms with Crippen molar-refractivity contribution in [3.05, 3.63) is 52.4 Å². The maximum absolute atomic E-state index is 12.8. The molecule has 0 radical (unpaired) electrons. The predicted octanol–water partition coefficient (Wildman–Crippen LogP) is 3.86. The highest BCUT2D eigenvalue weighted by molar-refractivity contribution is 7.91. The lowest BCUT2D eigenvalue weighted by molar-refractivity contribution is -0.130. The van der Waals surface area contributed by atoms with E-state index in [2.05, 4.69) is 0 Å². The second-order valence-corrected chi connectivity index (χ2v) is 9.61. The van der Waals surface area contributed by atoms with Crippen molar-refractivity contribution in [2.75, 3.05) is 13.1 Å². The van der Waals surface area contributed by atoms with Crippen LogP contribution in [0.4, 0.5) is 0 Å². The third-order valence-corrected chi connectivity index (χ3v) is 7.82. The first kappa shape index (κ1) is 18.8. The van der Waals surface area contributed by atoms with E-state index in [0.29, 0.717) is 18.0 Å². The molecule has 5 nitrogen and oxygen atoms in total. The monoisotopic (exact) mass is 391 g/mol. The van der Waals surface area contributed by atoms with Crippen LogP contribution in [0.15, 0.2) is 40.6 Å². The highest BCUT2D eigenvalue weighted by atomic mass is 32.2. The third-order valence-electron chi connectivity index (χ3n) is 4.34. The zero-order valence-corrected chi connectivity index (χ0v) is 16.1. The van der Waals surface area contributed by atoms with Crippen molar-refractivity contribution >= 4 is 39.0 Å². The summed E-state index contributed by atoms with van der Waals surface area (Å²) in [5.74, 6) is -1.07. The van der Waals surface area contributed by atoms with Crippen molar-refractivity contribution < 1.29 is 18.3 Å². The van der Waals surface area contributed by atoms with Gasteiger partial charge in [0.25, 0.3) is 10.0 Å². The SMILES string of the molecule is Cc1cccc(/C=C(\C(=O)O)c2ccc(S(=O)(=O)N3CCCCC3)s2)c1. The molecule has 138 valence electrons. The van der Waals surface area contributed by atoms with Crippen molar-refractivity contribution in [3.8, 4) is 0 Å². The molecule has 1 fully saturated rings. The molecule has 0 unspecified atom stereocenters. The summed E-state index contributed by atoms with van der Waals surface area (Å²) in [7, 11) is -3.55. The van der Waals surface area contributed by atoms with Crippen LogP contribution in [0.1, 0.15) is 35.3 Å². The summed E-state index contributed by atoms with van der Waals surface area (Å²) in [4.78, 5) is 12.2. The van der Waals surface area contributed by atoms with Crippen molar-refractivity contribution in [1.82, 2.24) is 4.31 Å². The molecular formula is C19H21NO4S2. The van der Waals surface area contributed by atoms with Crippen molar-refractivity contribution in [2.24, 2.45) is 0 Å². The Kier molecular flexibility index (Phi) is 5.60. The first-order valence-electron chi connectivity index (χ1n) is 8.50. The van der Waals surface area contributed by atoms with E-state index in [9.17, 15) is 18.3 Å². The number of rotatable bonds is 5. The quantitative estimate of drug-likeness (QED) is 0.786. The lowest BCUT2D eigenvalue weighted by Crippen LogP contribution is -2.35. The molecule has 0 atom stereocenters. The van der Waals surface area contributed by atoms with E-state index in [0.717, 1.165) is 41.7 Å². The van der Waals surface area contributed by atoms with Crippen LogP contribution >= 0.6 is 11.3 Å². The molecule has 0 bridgehead atoms. The van der Waals surface area contributed by atoms with Gasteiger partial charge < -0.3 is 5.11 Å². The van der Waals surface area contributed by atoms with E-state index in [-0.39, 0.29) is 9.78 Å². The molecule has 1 saturated heterocycles. The molecule has 2 aromatic rings. The Morgan fingerprint density at radius 3 is 2.54 bits per heavy atom. The molecule has 1 aromatic heterocycles. The molecule has 0 aliphatic carbocycles. The number of carbonyl (C=O) groups is 1. The molecule has 7 heteroatoms. The van der Waals surface area contributed by atoms with Gasteiger partial charge in [-0.2, -0.15) is 4.31 Å². The fourth-order valence-corrected chi connectivity index (χ4v) is 5.99. The molecule has 1 aliphatic rings. The Bertz CT molecular complexity index is 938. The topological polar surface area (TPSA) is 74.7 Å². The summed E-state index contributed by atoms with van der Waals surface area (Å²) in [6.45, 7) is 2.99. The number of carboxylic acids is 1. The third kappa shape index (κ3) is 4.06. The van der Waals surface area contributed by atoms with Gasteiger partial charge in [0.15, 0.2) is 0 Å². The van der Waals surface area contributed by atoms with Crippen LogP contribution in [0.25, 0.3) is 11.6 Å². The first-order valence-corrected chi connectivity index (χ1v) is 10.8. The number of carboxylic acid groups (broad SMARTS) is 1. The maximum Gasteiger partial charge on any atom is 0.337 e. The minimum absolute atomic E-state index is 0.0979. The predicted molar refractivity (Wildman–Crippen MR) is 104 cm³/mol. The molecule has 1 aromatic carbocycles. The molecule has 0 amide bonds. The van der Waals surface area contributed by atoms with Gasteiger partial charge in [-0.3, -0.25) is 0 Å². The number of piperidine rings is 1. The summed E-state index contributed by atoms with van der Waals surface area (Å²) < 4.78 is 27.2. The minimum Gasteiger partial charge on any atom is -0.478 e. The summed E-state index contributed by atoms with van der Waals surface area (Å²) in [6.07, 6.45) is 4.36. The zero-order chi connectivity index (χ0) is 18.7. The van der Waals surface area contributed by atoms with Crippen LogP contribution in [0, 0.1) is 6.92 Å². The Balaban J connectivity index is 1.94. The summed E-state index contributed by atoms with van der Waals surface area (Å²) in [6, 6.07) is 10.6. The van der Waals surface area contributed by atoms with Crippen molar-refractivity contribution in [3.63, 3.8) is 0 Å². The largest absolute Gasteiger partial charge is 0.478 e. The molecule has 2 heterocycles. The normalized spacial score (nSPS) is 16.6. The molecular weight excluding hydrogens is 370 g/mol. The van der Waals surface area contributed by atoms with E-state index in [4.69, 9.17) is 0 Å². The molecule has 1 aliphatic heterocycles. The number of hydrogen-bond donors (Lipinski definition) is 1. The average Bonchev–Trinajstić information content (AvgIpc) is 3.11. The second-order valence-electron chi connectivity index (χ2n) is 6.36. The van der Waals surface area contributed by atoms with Crippen molar-refractivity contribution in [2.45, 2.75) is 30.4 Å². The van der Waals surface area contributed by atoms with E-state index in [1.165, 1.54) is 10.4 Å². The van der Waals surface area contributed by atoms with Crippen LogP contribution in [-0.2, 0) is 14.8 Å². The van der Waals surface area contributed by atoms with Gasteiger partial charge in [0.2, 0.25) is 0 Å². The Morgan fingerprint density at radius 2 is 1.88 bits per heavy atom. The van der Waals surface area contributed by atoms with Gasteiger partial charge in [-0.1, -0.05) is 36.2 Å². The van der Waals surface area contributed by atoms with Gasteiger partial charge >= 0.3 is 5.97 Å². The number of aliphatic carboxylic acids is 1. The van der Waals surface area contributed by atoms with Gasteiger partial charge in [0.1, 0.15) is 4.21 Å².